The van der Waals surface area contributed by atoms with E-state index in [1.807, 2.05) is 18.2 Å². The number of halogens is 1. The second-order valence-electron chi connectivity index (χ2n) is 6.87. The van der Waals surface area contributed by atoms with Gasteiger partial charge in [0, 0.05) is 25.3 Å². The second-order valence-corrected chi connectivity index (χ2v) is 6.87. The van der Waals surface area contributed by atoms with E-state index in [0.717, 1.165) is 17.9 Å². The summed E-state index contributed by atoms with van der Waals surface area (Å²) in [5, 5.41) is 6.10. The Morgan fingerprint density at radius 1 is 1.11 bits per heavy atom. The van der Waals surface area contributed by atoms with E-state index in [1.54, 1.807) is 17.0 Å². The molecular weight excluding hydrogens is 359 g/mol. The number of aryl methyl sites for hydroxylation is 1. The fourth-order valence-electron chi connectivity index (χ4n) is 3.16. The van der Waals surface area contributed by atoms with E-state index >= 15 is 0 Å². The Kier molecular flexibility index (Phi) is 6.94. The summed E-state index contributed by atoms with van der Waals surface area (Å²) in [6.07, 6.45) is 2.23. The van der Waals surface area contributed by atoms with Crippen LogP contribution in [0.4, 0.5) is 10.2 Å². The molecule has 0 radical (unpaired) electrons. The van der Waals surface area contributed by atoms with Crippen LogP contribution < -0.4 is 10.6 Å². The average molecular weight is 384 g/mol. The zero-order valence-corrected chi connectivity index (χ0v) is 15.8. The highest BCUT2D eigenvalue weighted by molar-refractivity contribution is 5.85. The number of pyridine rings is 1. The minimum absolute atomic E-state index is 0.00897. The molecule has 1 aromatic heterocycles. The van der Waals surface area contributed by atoms with E-state index < -0.39 is 0 Å². The van der Waals surface area contributed by atoms with Gasteiger partial charge >= 0.3 is 0 Å². The van der Waals surface area contributed by atoms with Crippen LogP contribution in [0.25, 0.3) is 0 Å². The number of anilines is 1. The van der Waals surface area contributed by atoms with Crippen molar-refractivity contribution in [3.05, 3.63) is 59.5 Å². The number of nitrogens with zero attached hydrogens (tertiary/aromatic N) is 2. The van der Waals surface area contributed by atoms with E-state index in [0.29, 0.717) is 38.0 Å². The van der Waals surface area contributed by atoms with Crippen LogP contribution in [0.3, 0.4) is 0 Å². The Labute approximate surface area is 164 Å². The number of amides is 2. The molecule has 6 nitrogen and oxygen atoms in total. The summed E-state index contributed by atoms with van der Waals surface area (Å²) < 4.78 is 13.4. The summed E-state index contributed by atoms with van der Waals surface area (Å²) in [7, 11) is 0. The van der Waals surface area contributed by atoms with E-state index in [4.69, 9.17) is 0 Å². The monoisotopic (exact) mass is 384 g/mol. The number of rotatable bonds is 2. The molecule has 7 heteroatoms. The summed E-state index contributed by atoms with van der Waals surface area (Å²) in [5.74, 6) is 0.0843. The first-order valence-corrected chi connectivity index (χ1v) is 9.59. The summed E-state index contributed by atoms with van der Waals surface area (Å²) in [5.41, 5.74) is 1.55. The number of hydrogen-bond donors (Lipinski definition) is 2. The fourth-order valence-corrected chi connectivity index (χ4v) is 3.16. The van der Waals surface area contributed by atoms with Crippen molar-refractivity contribution in [2.45, 2.75) is 25.7 Å². The first kappa shape index (κ1) is 19.8. The van der Waals surface area contributed by atoms with Crippen LogP contribution >= 0.6 is 0 Å². The molecule has 1 aliphatic heterocycles. The van der Waals surface area contributed by atoms with Gasteiger partial charge in [-0.1, -0.05) is 18.2 Å². The number of benzene rings is 1. The highest BCUT2D eigenvalue weighted by atomic mass is 19.1. The van der Waals surface area contributed by atoms with Gasteiger partial charge in [-0.05, 0) is 49.1 Å². The van der Waals surface area contributed by atoms with Crippen molar-refractivity contribution >= 4 is 17.6 Å². The van der Waals surface area contributed by atoms with Crippen LogP contribution in [0.2, 0.25) is 0 Å². The van der Waals surface area contributed by atoms with Crippen LogP contribution in [-0.4, -0.2) is 47.9 Å². The molecule has 2 amide bonds. The lowest BCUT2D eigenvalue weighted by atomic mass is 10.1. The van der Waals surface area contributed by atoms with Crippen LogP contribution in [0.5, 0.6) is 0 Å². The Bertz CT molecular complexity index is 828. The number of hydrogen-bond acceptors (Lipinski definition) is 4. The van der Waals surface area contributed by atoms with Crippen LogP contribution in [0, 0.1) is 5.82 Å². The molecule has 148 valence electrons. The van der Waals surface area contributed by atoms with Gasteiger partial charge in [0.05, 0.1) is 13.0 Å². The van der Waals surface area contributed by atoms with Gasteiger partial charge < -0.3 is 15.5 Å². The minimum atomic E-state index is -0.372. The number of fused-ring (bicyclic) bond motifs is 2. The standard InChI is InChI=1S/C21H25FN4O2/c22-17-6-1-5-16(13-17)14-21(28)26-12-3-8-18-7-2-9-19(25-18)23-10-4-11-24-20(27)15-26/h1-2,5-7,9,13H,3-4,8,10-12,14-15H2,(H,23,25)(H,24,27). The molecule has 2 aromatic rings. The van der Waals surface area contributed by atoms with Gasteiger partial charge in [-0.2, -0.15) is 0 Å². The van der Waals surface area contributed by atoms with E-state index in [2.05, 4.69) is 15.6 Å². The molecule has 0 unspecified atom stereocenters. The molecule has 0 saturated heterocycles. The highest BCUT2D eigenvalue weighted by Crippen LogP contribution is 2.10. The summed E-state index contributed by atoms with van der Waals surface area (Å²) in [4.78, 5) is 31.1. The topological polar surface area (TPSA) is 74.3 Å². The zero-order valence-electron chi connectivity index (χ0n) is 15.8. The van der Waals surface area contributed by atoms with E-state index in [1.165, 1.54) is 12.1 Å². The van der Waals surface area contributed by atoms with E-state index in [9.17, 15) is 14.0 Å². The zero-order chi connectivity index (χ0) is 19.8. The van der Waals surface area contributed by atoms with Crippen molar-refractivity contribution in [2.75, 3.05) is 31.5 Å². The predicted octanol–water partition coefficient (Wildman–Crippen LogP) is 2.16. The van der Waals surface area contributed by atoms with Gasteiger partial charge in [-0.25, -0.2) is 9.37 Å². The molecule has 28 heavy (non-hydrogen) atoms. The number of carbonyl (C=O) groups excluding carboxylic acids is 2. The summed E-state index contributed by atoms with van der Waals surface area (Å²) >= 11 is 0. The molecule has 1 aromatic carbocycles. The number of nitrogens with one attached hydrogen (secondary N) is 2. The predicted molar refractivity (Wildman–Crippen MR) is 105 cm³/mol. The Balaban J connectivity index is 1.69. The maximum atomic E-state index is 13.4. The Morgan fingerprint density at radius 2 is 1.93 bits per heavy atom. The number of carbonyl (C=O) groups is 2. The molecule has 2 heterocycles. The molecule has 2 bridgehead atoms. The molecule has 1 aliphatic rings. The first-order valence-electron chi connectivity index (χ1n) is 9.59. The average Bonchev–Trinajstić information content (AvgIpc) is 2.67. The first-order chi connectivity index (χ1) is 13.6. The smallest absolute Gasteiger partial charge is 0.239 e. The van der Waals surface area contributed by atoms with Crippen molar-refractivity contribution < 1.29 is 14.0 Å². The molecule has 0 spiro atoms. The van der Waals surface area contributed by atoms with Gasteiger partial charge in [-0.3, -0.25) is 9.59 Å². The van der Waals surface area contributed by atoms with Crippen molar-refractivity contribution in [1.29, 1.82) is 0 Å². The highest BCUT2D eigenvalue weighted by Gasteiger charge is 2.18. The van der Waals surface area contributed by atoms with Crippen LogP contribution in [-0.2, 0) is 22.4 Å². The quantitative estimate of drug-likeness (QED) is 0.832. The van der Waals surface area contributed by atoms with Gasteiger partial charge in [0.1, 0.15) is 11.6 Å². The minimum Gasteiger partial charge on any atom is -0.370 e. The second kappa shape index (κ2) is 9.82. The summed E-state index contributed by atoms with van der Waals surface area (Å²) in [6.45, 7) is 1.69. The molecule has 0 saturated carbocycles. The van der Waals surface area contributed by atoms with Crippen molar-refractivity contribution in [3.63, 3.8) is 0 Å². The van der Waals surface area contributed by atoms with E-state index in [-0.39, 0.29) is 30.6 Å². The van der Waals surface area contributed by atoms with Gasteiger partial charge in [0.2, 0.25) is 11.8 Å². The van der Waals surface area contributed by atoms with Gasteiger partial charge in [-0.15, -0.1) is 0 Å². The fraction of sp³-hybridized carbons (Fsp3) is 0.381. The van der Waals surface area contributed by atoms with Crippen LogP contribution in [0.15, 0.2) is 42.5 Å². The molecule has 0 aliphatic carbocycles. The lowest BCUT2D eigenvalue weighted by Crippen LogP contribution is -2.42. The molecular formula is C21H25FN4O2. The number of aromatic nitrogens is 1. The van der Waals surface area contributed by atoms with Crippen LogP contribution in [0.1, 0.15) is 24.1 Å². The largest absolute Gasteiger partial charge is 0.370 e. The summed E-state index contributed by atoms with van der Waals surface area (Å²) in [6, 6.07) is 11.8. The normalized spacial score (nSPS) is 15.9. The Hall–Kier alpha value is -2.96. The molecule has 0 fully saturated rings. The maximum absolute atomic E-state index is 13.4. The maximum Gasteiger partial charge on any atom is 0.239 e. The molecule has 3 rings (SSSR count). The third kappa shape index (κ3) is 6.04. The third-order valence-corrected chi connectivity index (χ3v) is 4.58. The third-order valence-electron chi connectivity index (χ3n) is 4.58. The lowest BCUT2D eigenvalue weighted by molar-refractivity contribution is -0.135. The van der Waals surface area contributed by atoms with Crippen molar-refractivity contribution in [2.24, 2.45) is 0 Å². The molecule has 2 N–H and O–H groups in total. The van der Waals surface area contributed by atoms with Crippen molar-refractivity contribution in [1.82, 2.24) is 15.2 Å². The van der Waals surface area contributed by atoms with Crippen molar-refractivity contribution in [3.8, 4) is 0 Å². The van der Waals surface area contributed by atoms with Gasteiger partial charge in [0.25, 0.3) is 0 Å². The molecule has 0 atom stereocenters. The lowest BCUT2D eigenvalue weighted by Gasteiger charge is -2.23. The van der Waals surface area contributed by atoms with Gasteiger partial charge in [0.15, 0.2) is 0 Å². The SMILES string of the molecule is O=C1CN(C(=O)Cc2cccc(F)c2)CCCc2cccc(n2)NCCCN1. The Morgan fingerprint density at radius 3 is 2.79 bits per heavy atom.